The summed E-state index contributed by atoms with van der Waals surface area (Å²) in [7, 11) is 0. The number of rotatable bonds is 6. The smallest absolute Gasteiger partial charge is 0.262 e. The first kappa shape index (κ1) is 16.4. The van der Waals surface area contributed by atoms with Crippen LogP contribution in [0.5, 0.6) is 11.5 Å². The van der Waals surface area contributed by atoms with Crippen LogP contribution in [0.4, 0.5) is 5.69 Å². The SMILES string of the molecule is CC[C@H](Nc1ccccc1)C(=O)N/N=C/c1ccc(O)cc1O. The number of anilines is 1. The largest absolute Gasteiger partial charge is 0.508 e. The van der Waals surface area contributed by atoms with Crippen molar-refractivity contribution in [2.45, 2.75) is 19.4 Å². The van der Waals surface area contributed by atoms with Crippen LogP contribution in [0.3, 0.4) is 0 Å². The molecule has 0 aliphatic carbocycles. The van der Waals surface area contributed by atoms with Gasteiger partial charge in [-0.1, -0.05) is 25.1 Å². The van der Waals surface area contributed by atoms with Crippen LogP contribution >= 0.6 is 0 Å². The van der Waals surface area contributed by atoms with E-state index in [2.05, 4.69) is 15.8 Å². The fourth-order valence-electron chi connectivity index (χ4n) is 1.97. The molecular formula is C17H19N3O3. The summed E-state index contributed by atoms with van der Waals surface area (Å²) in [6, 6.07) is 13.2. The lowest BCUT2D eigenvalue weighted by atomic mass is 10.2. The maximum absolute atomic E-state index is 12.1. The molecule has 2 aromatic rings. The van der Waals surface area contributed by atoms with Gasteiger partial charge in [0.05, 0.1) is 6.21 Å². The van der Waals surface area contributed by atoms with Crippen LogP contribution in [0, 0.1) is 0 Å². The van der Waals surface area contributed by atoms with Gasteiger partial charge in [-0.25, -0.2) is 5.43 Å². The molecule has 23 heavy (non-hydrogen) atoms. The van der Waals surface area contributed by atoms with Gasteiger partial charge in [0.25, 0.3) is 5.91 Å². The van der Waals surface area contributed by atoms with E-state index in [1.54, 1.807) is 0 Å². The maximum atomic E-state index is 12.1. The van der Waals surface area contributed by atoms with Crippen molar-refractivity contribution in [2.24, 2.45) is 5.10 Å². The van der Waals surface area contributed by atoms with Crippen LogP contribution in [-0.2, 0) is 4.79 Å². The Kier molecular flexibility index (Phi) is 5.57. The van der Waals surface area contributed by atoms with E-state index in [-0.39, 0.29) is 17.4 Å². The number of nitrogens with zero attached hydrogens (tertiary/aromatic N) is 1. The van der Waals surface area contributed by atoms with Crippen molar-refractivity contribution in [2.75, 3.05) is 5.32 Å². The van der Waals surface area contributed by atoms with Gasteiger partial charge in [0, 0.05) is 17.3 Å². The highest BCUT2D eigenvalue weighted by Gasteiger charge is 2.15. The second kappa shape index (κ2) is 7.84. The summed E-state index contributed by atoms with van der Waals surface area (Å²) >= 11 is 0. The summed E-state index contributed by atoms with van der Waals surface area (Å²) in [6.07, 6.45) is 1.92. The van der Waals surface area contributed by atoms with Gasteiger partial charge in [-0.05, 0) is 30.7 Å². The Morgan fingerprint density at radius 1 is 1.22 bits per heavy atom. The maximum Gasteiger partial charge on any atom is 0.262 e. The van der Waals surface area contributed by atoms with Crippen molar-refractivity contribution in [3.63, 3.8) is 0 Å². The Balaban J connectivity index is 1.95. The van der Waals surface area contributed by atoms with Crippen molar-refractivity contribution >= 4 is 17.8 Å². The molecule has 6 heteroatoms. The molecule has 0 fully saturated rings. The van der Waals surface area contributed by atoms with Crippen LogP contribution in [0.15, 0.2) is 53.6 Å². The van der Waals surface area contributed by atoms with Crippen molar-refractivity contribution in [1.29, 1.82) is 0 Å². The van der Waals surface area contributed by atoms with Gasteiger partial charge in [-0.15, -0.1) is 0 Å². The molecule has 0 heterocycles. The molecule has 1 atom stereocenters. The normalized spacial score (nSPS) is 12.0. The number of hydrogen-bond acceptors (Lipinski definition) is 5. The molecule has 0 radical (unpaired) electrons. The molecule has 0 unspecified atom stereocenters. The zero-order chi connectivity index (χ0) is 16.7. The number of hydrazone groups is 1. The predicted octanol–water partition coefficient (Wildman–Crippen LogP) is 2.44. The highest BCUT2D eigenvalue weighted by atomic mass is 16.3. The van der Waals surface area contributed by atoms with E-state index in [4.69, 9.17) is 0 Å². The van der Waals surface area contributed by atoms with Gasteiger partial charge in [-0.2, -0.15) is 5.10 Å². The third-order valence-corrected chi connectivity index (χ3v) is 3.23. The van der Waals surface area contributed by atoms with Crippen LogP contribution in [0.2, 0.25) is 0 Å². The van der Waals surface area contributed by atoms with E-state index in [1.165, 1.54) is 24.4 Å². The summed E-state index contributed by atoms with van der Waals surface area (Å²) in [5.74, 6) is -0.426. The van der Waals surface area contributed by atoms with Crippen molar-refractivity contribution in [3.8, 4) is 11.5 Å². The Morgan fingerprint density at radius 2 is 1.96 bits per heavy atom. The number of carbonyl (C=O) groups excluding carboxylic acids is 1. The van der Waals surface area contributed by atoms with E-state index in [0.29, 0.717) is 12.0 Å². The molecule has 0 aromatic heterocycles. The summed E-state index contributed by atoms with van der Waals surface area (Å²) in [5.41, 5.74) is 3.69. The van der Waals surface area contributed by atoms with Crippen LogP contribution < -0.4 is 10.7 Å². The fraction of sp³-hybridized carbons (Fsp3) is 0.176. The van der Waals surface area contributed by atoms with E-state index in [1.807, 2.05) is 37.3 Å². The standard InChI is InChI=1S/C17H19N3O3/c1-2-15(19-13-6-4-3-5-7-13)17(23)20-18-11-12-8-9-14(21)10-16(12)22/h3-11,15,19,21-22H,2H2,1H3,(H,20,23)/b18-11+/t15-/m0/s1. The number of nitrogens with one attached hydrogen (secondary N) is 2. The Hall–Kier alpha value is -3.02. The van der Waals surface area contributed by atoms with Crippen molar-refractivity contribution < 1.29 is 15.0 Å². The zero-order valence-electron chi connectivity index (χ0n) is 12.7. The average molecular weight is 313 g/mol. The molecule has 0 aliphatic rings. The molecule has 0 bridgehead atoms. The third kappa shape index (κ3) is 4.74. The average Bonchev–Trinajstić information content (AvgIpc) is 2.55. The number of phenolic OH excluding ortho intramolecular Hbond substituents is 2. The molecule has 0 saturated heterocycles. The van der Waals surface area contributed by atoms with Gasteiger partial charge in [0.2, 0.25) is 0 Å². The summed E-state index contributed by atoms with van der Waals surface area (Å²) < 4.78 is 0. The van der Waals surface area contributed by atoms with Crippen LogP contribution in [0.25, 0.3) is 0 Å². The van der Waals surface area contributed by atoms with Gasteiger partial charge in [0.15, 0.2) is 0 Å². The number of benzene rings is 2. The minimum atomic E-state index is -0.414. The molecular weight excluding hydrogens is 294 g/mol. The first-order valence-corrected chi connectivity index (χ1v) is 7.26. The minimum Gasteiger partial charge on any atom is -0.508 e. The first-order valence-electron chi connectivity index (χ1n) is 7.26. The first-order chi connectivity index (χ1) is 11.1. The van der Waals surface area contributed by atoms with Gasteiger partial charge >= 0.3 is 0 Å². The number of aromatic hydroxyl groups is 2. The van der Waals surface area contributed by atoms with Crippen LogP contribution in [0.1, 0.15) is 18.9 Å². The molecule has 0 saturated carbocycles. The van der Waals surface area contributed by atoms with E-state index in [9.17, 15) is 15.0 Å². The van der Waals surface area contributed by atoms with Crippen LogP contribution in [-0.4, -0.2) is 28.4 Å². The molecule has 120 valence electrons. The molecule has 0 aliphatic heterocycles. The Morgan fingerprint density at radius 3 is 2.61 bits per heavy atom. The second-order valence-electron chi connectivity index (χ2n) is 4.95. The lowest BCUT2D eigenvalue weighted by Crippen LogP contribution is -2.36. The van der Waals surface area contributed by atoms with E-state index in [0.717, 1.165) is 5.69 Å². The summed E-state index contributed by atoms with van der Waals surface area (Å²) in [5, 5.41) is 25.8. The molecule has 1 amide bonds. The molecule has 4 N–H and O–H groups in total. The number of hydrogen-bond donors (Lipinski definition) is 4. The third-order valence-electron chi connectivity index (χ3n) is 3.23. The zero-order valence-corrected chi connectivity index (χ0v) is 12.7. The molecule has 2 rings (SSSR count). The lowest BCUT2D eigenvalue weighted by Gasteiger charge is -2.16. The number of amides is 1. The monoisotopic (exact) mass is 313 g/mol. The Bertz CT molecular complexity index is 687. The Labute approximate surface area is 134 Å². The van der Waals surface area contributed by atoms with Gasteiger partial charge in [-0.3, -0.25) is 4.79 Å². The second-order valence-corrected chi connectivity index (χ2v) is 4.95. The lowest BCUT2D eigenvalue weighted by molar-refractivity contribution is -0.121. The molecule has 0 spiro atoms. The number of carbonyl (C=O) groups is 1. The fourth-order valence-corrected chi connectivity index (χ4v) is 1.97. The highest BCUT2D eigenvalue weighted by molar-refractivity contribution is 5.88. The molecule has 6 nitrogen and oxygen atoms in total. The van der Waals surface area contributed by atoms with Gasteiger partial charge < -0.3 is 15.5 Å². The number of phenols is 2. The highest BCUT2D eigenvalue weighted by Crippen LogP contribution is 2.20. The van der Waals surface area contributed by atoms with Gasteiger partial charge in [0.1, 0.15) is 17.5 Å². The summed E-state index contributed by atoms with van der Waals surface area (Å²) in [6.45, 7) is 1.90. The molecule has 2 aromatic carbocycles. The summed E-state index contributed by atoms with van der Waals surface area (Å²) in [4.78, 5) is 12.1. The topological polar surface area (TPSA) is 94.0 Å². The quantitative estimate of drug-likeness (QED) is 0.487. The minimum absolute atomic E-state index is 0.0400. The van der Waals surface area contributed by atoms with E-state index < -0.39 is 6.04 Å². The predicted molar refractivity (Wildman–Crippen MR) is 89.7 cm³/mol. The van der Waals surface area contributed by atoms with E-state index >= 15 is 0 Å². The number of para-hydroxylation sites is 1. The van der Waals surface area contributed by atoms with Crippen molar-refractivity contribution in [1.82, 2.24) is 5.43 Å². The van der Waals surface area contributed by atoms with Crippen molar-refractivity contribution in [3.05, 3.63) is 54.1 Å².